The molecule has 0 saturated heterocycles. The Hall–Kier alpha value is 0.620. The van der Waals surface area contributed by atoms with Gasteiger partial charge in [0.1, 0.15) is 18.3 Å². The molecular formula is C6H14NaO9P. The first-order chi connectivity index (χ1) is 7.22. The maximum Gasteiger partial charge on any atom is 1.00 e. The van der Waals surface area contributed by atoms with Crippen molar-refractivity contribution >= 4 is 14.1 Å². The van der Waals surface area contributed by atoms with E-state index in [1.165, 1.54) is 0 Å². The molecule has 0 aliphatic rings. The Morgan fingerprint density at radius 2 is 1.71 bits per heavy atom. The second kappa shape index (κ2) is 8.68. The van der Waals surface area contributed by atoms with E-state index in [-0.39, 0.29) is 37.3 Å². The van der Waals surface area contributed by atoms with Crippen LogP contribution in [0.4, 0.5) is 0 Å². The van der Waals surface area contributed by atoms with Crippen LogP contribution in [0, 0.1) is 0 Å². The van der Waals surface area contributed by atoms with Crippen molar-refractivity contribution in [3.63, 3.8) is 0 Å². The van der Waals surface area contributed by atoms with Crippen LogP contribution in [-0.2, 0) is 13.9 Å². The van der Waals surface area contributed by atoms with Crippen molar-refractivity contribution in [2.75, 3.05) is 6.61 Å². The molecule has 0 bridgehead atoms. The second-order valence-electron chi connectivity index (χ2n) is 2.93. The molecule has 0 amide bonds. The van der Waals surface area contributed by atoms with Crippen LogP contribution in [0.3, 0.4) is 0 Å². The summed E-state index contributed by atoms with van der Waals surface area (Å²) in [5.74, 6) is 0. The number of phosphoric acid groups is 1. The summed E-state index contributed by atoms with van der Waals surface area (Å²) in [7, 11) is -5.02. The van der Waals surface area contributed by atoms with Crippen LogP contribution in [0.1, 0.15) is 1.43 Å². The van der Waals surface area contributed by atoms with Crippen molar-refractivity contribution in [1.29, 1.82) is 0 Å². The van der Waals surface area contributed by atoms with Crippen molar-refractivity contribution in [3.05, 3.63) is 0 Å². The van der Waals surface area contributed by atoms with Crippen LogP contribution < -0.4 is 29.6 Å². The molecule has 0 aromatic carbocycles. The fourth-order valence-corrected chi connectivity index (χ4v) is 1.35. The standard InChI is InChI=1S/C6H13O9P.Na.H/c7-1-3(9)5(10)6(11)4(2-8)15-16(12,13)14;;/h2-7,9-11H,1H2,(H2,12,13,14);;/q;+1;-1/t3-,4-,5-,6-;;/m1../s1. The SMILES string of the molecule is O=C[C@@H](OP(=O)(O)O)[C@@H](O)[C@H](O)[C@H](O)CO.[H-].[Na+]. The number of aliphatic hydroxyl groups excluding tert-OH is 4. The molecule has 0 aliphatic carbocycles. The minimum Gasteiger partial charge on any atom is -1.00 e. The van der Waals surface area contributed by atoms with Gasteiger partial charge in [-0.05, 0) is 0 Å². The fourth-order valence-electron chi connectivity index (χ4n) is 0.856. The van der Waals surface area contributed by atoms with Gasteiger partial charge in [-0.3, -0.25) is 4.52 Å². The quantitative estimate of drug-likeness (QED) is 0.151. The van der Waals surface area contributed by atoms with Crippen LogP contribution in [0.2, 0.25) is 0 Å². The maximum atomic E-state index is 10.4. The van der Waals surface area contributed by atoms with Gasteiger partial charge in [-0.1, -0.05) is 0 Å². The molecular weight excluding hydrogens is 270 g/mol. The van der Waals surface area contributed by atoms with Crippen molar-refractivity contribution in [2.45, 2.75) is 24.4 Å². The van der Waals surface area contributed by atoms with Gasteiger partial charge >= 0.3 is 37.4 Å². The molecule has 17 heavy (non-hydrogen) atoms. The molecule has 9 nitrogen and oxygen atoms in total. The summed E-state index contributed by atoms with van der Waals surface area (Å²) < 4.78 is 14.2. The summed E-state index contributed by atoms with van der Waals surface area (Å²) in [6, 6.07) is 0. The molecule has 0 fully saturated rings. The molecule has 6 N–H and O–H groups in total. The van der Waals surface area contributed by atoms with E-state index in [4.69, 9.17) is 25.1 Å². The minimum absolute atomic E-state index is 0. The number of hydrogen-bond donors (Lipinski definition) is 6. The van der Waals surface area contributed by atoms with Gasteiger partial charge in [0, 0.05) is 0 Å². The Morgan fingerprint density at radius 1 is 1.24 bits per heavy atom. The zero-order valence-corrected chi connectivity index (χ0v) is 11.8. The summed E-state index contributed by atoms with van der Waals surface area (Å²) in [4.78, 5) is 27.1. The van der Waals surface area contributed by atoms with Gasteiger partial charge in [0.15, 0.2) is 12.4 Å². The van der Waals surface area contributed by atoms with E-state index >= 15 is 0 Å². The molecule has 98 valence electrons. The summed E-state index contributed by atoms with van der Waals surface area (Å²) >= 11 is 0. The van der Waals surface area contributed by atoms with Crippen LogP contribution in [0.15, 0.2) is 0 Å². The van der Waals surface area contributed by atoms with Gasteiger partial charge < -0.3 is 36.4 Å². The Kier molecular flexibility index (Phi) is 10.2. The zero-order chi connectivity index (χ0) is 12.9. The monoisotopic (exact) mass is 284 g/mol. The van der Waals surface area contributed by atoms with Crippen molar-refractivity contribution in [1.82, 2.24) is 0 Å². The third kappa shape index (κ3) is 7.60. The zero-order valence-electron chi connectivity index (χ0n) is 9.95. The molecule has 0 saturated carbocycles. The molecule has 11 heteroatoms. The second-order valence-corrected chi connectivity index (χ2v) is 4.12. The van der Waals surface area contributed by atoms with Crippen molar-refractivity contribution in [3.8, 4) is 0 Å². The first-order valence-corrected chi connectivity index (χ1v) is 5.60. The molecule has 0 heterocycles. The van der Waals surface area contributed by atoms with Crippen LogP contribution in [0.5, 0.6) is 0 Å². The average Bonchev–Trinajstić information content (AvgIpc) is 2.21. The molecule has 0 spiro atoms. The Morgan fingerprint density at radius 3 is 2.00 bits per heavy atom. The first-order valence-electron chi connectivity index (χ1n) is 4.07. The number of rotatable bonds is 7. The van der Waals surface area contributed by atoms with Gasteiger partial charge in [0.05, 0.1) is 6.61 Å². The van der Waals surface area contributed by atoms with Gasteiger partial charge in [0.2, 0.25) is 0 Å². The summed E-state index contributed by atoms with van der Waals surface area (Å²) in [6.07, 6.45) is -7.98. The van der Waals surface area contributed by atoms with Crippen molar-refractivity contribution in [2.24, 2.45) is 0 Å². The van der Waals surface area contributed by atoms with E-state index in [0.29, 0.717) is 0 Å². The van der Waals surface area contributed by atoms with Gasteiger partial charge in [-0.2, -0.15) is 0 Å². The number of carbonyl (C=O) groups excluding carboxylic acids is 1. The van der Waals surface area contributed by atoms with E-state index in [2.05, 4.69) is 4.52 Å². The number of aliphatic hydroxyl groups is 4. The van der Waals surface area contributed by atoms with Crippen LogP contribution in [-0.4, -0.2) is 67.5 Å². The Labute approximate surface area is 120 Å². The Balaban J connectivity index is -0.00000112. The minimum atomic E-state index is -5.02. The largest absolute Gasteiger partial charge is 1.00 e. The normalized spacial score (nSPS) is 18.7. The van der Waals surface area contributed by atoms with Crippen LogP contribution >= 0.6 is 7.82 Å². The molecule has 4 atom stereocenters. The number of phosphoric ester groups is 1. The average molecular weight is 284 g/mol. The smallest absolute Gasteiger partial charge is 1.00 e. The number of carbonyl (C=O) groups is 1. The van der Waals surface area contributed by atoms with E-state index in [9.17, 15) is 14.5 Å². The summed E-state index contributed by atoms with van der Waals surface area (Å²) in [6.45, 7) is -0.903. The van der Waals surface area contributed by atoms with Gasteiger partial charge in [0.25, 0.3) is 0 Å². The third-order valence-corrected chi connectivity index (χ3v) is 2.18. The molecule has 0 aromatic rings. The predicted octanol–water partition coefficient (Wildman–Crippen LogP) is -6.15. The predicted molar refractivity (Wildman–Crippen MR) is 49.2 cm³/mol. The first kappa shape index (κ1) is 19.9. The molecule has 0 rings (SSSR count). The van der Waals surface area contributed by atoms with Crippen LogP contribution in [0.25, 0.3) is 0 Å². The molecule has 0 aliphatic heterocycles. The molecule has 0 aromatic heterocycles. The molecule has 0 unspecified atom stereocenters. The third-order valence-electron chi connectivity index (χ3n) is 1.66. The molecule has 0 radical (unpaired) electrons. The van der Waals surface area contributed by atoms with E-state index < -0.39 is 38.8 Å². The van der Waals surface area contributed by atoms with E-state index in [0.717, 1.165) is 0 Å². The number of hydrogen-bond acceptors (Lipinski definition) is 7. The summed E-state index contributed by atoms with van der Waals surface area (Å²) in [5, 5.41) is 35.7. The van der Waals surface area contributed by atoms with E-state index in [1.54, 1.807) is 0 Å². The topological polar surface area (TPSA) is 165 Å². The van der Waals surface area contributed by atoms with Gasteiger partial charge in [-0.15, -0.1) is 0 Å². The summed E-state index contributed by atoms with van der Waals surface area (Å²) in [5.41, 5.74) is 0. The van der Waals surface area contributed by atoms with E-state index in [1.807, 2.05) is 0 Å². The number of aldehydes is 1. The fraction of sp³-hybridized carbons (Fsp3) is 0.833. The van der Waals surface area contributed by atoms with Gasteiger partial charge in [-0.25, -0.2) is 4.57 Å². The van der Waals surface area contributed by atoms with Crippen molar-refractivity contribution < 1.29 is 75.1 Å². The Bertz CT molecular complexity index is 274. The maximum absolute atomic E-state index is 10.4.